The Labute approximate surface area is 236 Å². The fourth-order valence-electron chi connectivity index (χ4n) is 5.08. The van der Waals surface area contributed by atoms with E-state index in [2.05, 4.69) is 44.2 Å². The number of nitrogens with one attached hydrogen (secondary N) is 1. The summed E-state index contributed by atoms with van der Waals surface area (Å²) in [6, 6.07) is 4.54. The molecule has 2 aromatic rings. The van der Waals surface area contributed by atoms with Crippen molar-refractivity contribution >= 4 is 11.0 Å². The van der Waals surface area contributed by atoms with Gasteiger partial charge in [0.2, 0.25) is 0 Å². The van der Waals surface area contributed by atoms with Gasteiger partial charge in [0, 0.05) is 43.6 Å². The van der Waals surface area contributed by atoms with E-state index in [1.165, 1.54) is 31.4 Å². The molecule has 40 heavy (non-hydrogen) atoms. The molecule has 0 radical (unpaired) electrons. The Morgan fingerprint density at radius 2 is 1.90 bits per heavy atom. The van der Waals surface area contributed by atoms with Crippen molar-refractivity contribution in [3.63, 3.8) is 0 Å². The first-order valence-electron chi connectivity index (χ1n) is 14.1. The van der Waals surface area contributed by atoms with Crippen molar-refractivity contribution in [1.29, 1.82) is 0 Å². The Bertz CT molecular complexity index is 1230. The zero-order valence-corrected chi connectivity index (χ0v) is 23.9. The van der Waals surface area contributed by atoms with Gasteiger partial charge < -0.3 is 9.64 Å². The van der Waals surface area contributed by atoms with Gasteiger partial charge in [-0.1, -0.05) is 49.8 Å². The molecular weight excluding hydrogens is 539 g/mol. The number of hydrogen-bond donors (Lipinski definition) is 1. The number of rotatable bonds is 8. The Morgan fingerprint density at radius 3 is 2.67 bits per heavy atom. The monoisotopic (exact) mass is 577 g/mol. The second-order valence-electron chi connectivity index (χ2n) is 9.84. The lowest BCUT2D eigenvalue weighted by molar-refractivity contribution is -0.137. The predicted octanol–water partition coefficient (Wildman–Crippen LogP) is 5.62. The zero-order chi connectivity index (χ0) is 28.5. The lowest BCUT2D eigenvalue weighted by Gasteiger charge is -2.28. The quantitative estimate of drug-likeness (QED) is 0.441. The van der Waals surface area contributed by atoms with Crippen LogP contribution in [0, 0.1) is 5.92 Å². The van der Waals surface area contributed by atoms with E-state index in [1.54, 1.807) is 0 Å². The Balaban J connectivity index is 0.00000181. The SMILES string of the molecule is CC.O=S(NCCc1cn([C@@H]2CCOC3=C2C=CC(CN2CCCCC2)C=C3)nn1)c1cccc(C(F)(F)F)c1. The van der Waals surface area contributed by atoms with Crippen molar-refractivity contribution in [2.24, 2.45) is 5.92 Å². The highest BCUT2D eigenvalue weighted by molar-refractivity contribution is 7.83. The zero-order valence-electron chi connectivity index (χ0n) is 23.1. The molecule has 1 aliphatic carbocycles. The maximum Gasteiger partial charge on any atom is 0.416 e. The van der Waals surface area contributed by atoms with Crippen LogP contribution in [0.3, 0.4) is 0 Å². The number of alkyl halides is 3. The number of allylic oxidation sites excluding steroid dienone is 3. The van der Waals surface area contributed by atoms with Crippen LogP contribution in [0.15, 0.2) is 71.0 Å². The normalized spacial score (nSPS) is 22.1. The van der Waals surface area contributed by atoms with E-state index in [0.29, 0.717) is 24.6 Å². The topological polar surface area (TPSA) is 72.3 Å². The van der Waals surface area contributed by atoms with Crippen molar-refractivity contribution in [2.45, 2.75) is 63.1 Å². The third-order valence-corrected chi connectivity index (χ3v) is 8.24. The summed E-state index contributed by atoms with van der Waals surface area (Å²) in [5, 5.41) is 8.62. The molecular formula is C29H38F3N5O2S. The smallest absolute Gasteiger partial charge is 0.416 e. The number of likely N-dealkylation sites (tertiary alicyclic amines) is 1. The first kappa shape index (κ1) is 30.2. The van der Waals surface area contributed by atoms with Crippen molar-refractivity contribution in [3.8, 4) is 0 Å². The first-order valence-corrected chi connectivity index (χ1v) is 15.2. The molecule has 0 spiro atoms. The molecule has 1 fully saturated rings. The number of ether oxygens (including phenoxy) is 1. The Kier molecular flexibility index (Phi) is 10.7. The van der Waals surface area contributed by atoms with E-state index in [1.807, 2.05) is 24.7 Å². The summed E-state index contributed by atoms with van der Waals surface area (Å²) >= 11 is 0. The molecule has 3 atom stereocenters. The molecule has 1 saturated heterocycles. The number of piperidine rings is 1. The average molecular weight is 578 g/mol. The predicted molar refractivity (Wildman–Crippen MR) is 150 cm³/mol. The minimum Gasteiger partial charge on any atom is -0.493 e. The minimum absolute atomic E-state index is 0.00170. The largest absolute Gasteiger partial charge is 0.493 e. The van der Waals surface area contributed by atoms with Gasteiger partial charge >= 0.3 is 6.18 Å². The van der Waals surface area contributed by atoms with Gasteiger partial charge in [-0.15, -0.1) is 5.10 Å². The molecule has 3 aliphatic rings. The van der Waals surface area contributed by atoms with E-state index >= 15 is 0 Å². The summed E-state index contributed by atoms with van der Waals surface area (Å²) in [5.41, 5.74) is 0.968. The van der Waals surface area contributed by atoms with Gasteiger partial charge in [-0.3, -0.25) is 0 Å². The van der Waals surface area contributed by atoms with Gasteiger partial charge in [-0.05, 0) is 50.2 Å². The van der Waals surface area contributed by atoms with Crippen LogP contribution < -0.4 is 4.72 Å². The summed E-state index contributed by atoms with van der Waals surface area (Å²) in [6.07, 6.45) is 11.2. The molecule has 1 N–H and O–H groups in total. The second-order valence-corrected chi connectivity index (χ2v) is 11.1. The van der Waals surface area contributed by atoms with Crippen LogP contribution in [-0.4, -0.2) is 56.9 Å². The van der Waals surface area contributed by atoms with E-state index < -0.39 is 22.7 Å². The van der Waals surface area contributed by atoms with E-state index in [-0.39, 0.29) is 17.5 Å². The van der Waals surface area contributed by atoms with Crippen LogP contribution >= 0.6 is 0 Å². The molecule has 11 heteroatoms. The van der Waals surface area contributed by atoms with E-state index in [0.717, 1.165) is 49.5 Å². The first-order chi connectivity index (χ1) is 19.4. The number of benzene rings is 1. The lowest BCUT2D eigenvalue weighted by Crippen LogP contribution is -2.33. The highest BCUT2D eigenvalue weighted by atomic mass is 32.2. The van der Waals surface area contributed by atoms with Crippen LogP contribution in [0.1, 0.15) is 56.8 Å². The summed E-state index contributed by atoms with van der Waals surface area (Å²) in [7, 11) is -1.76. The van der Waals surface area contributed by atoms with Crippen molar-refractivity contribution < 1.29 is 22.1 Å². The maximum absolute atomic E-state index is 12.9. The third-order valence-electron chi connectivity index (χ3n) is 7.09. The molecule has 0 amide bonds. The van der Waals surface area contributed by atoms with Gasteiger partial charge in [0.1, 0.15) is 16.7 Å². The molecule has 2 unspecified atom stereocenters. The summed E-state index contributed by atoms with van der Waals surface area (Å²) in [5.74, 6) is 1.20. The number of nitrogens with zero attached hydrogens (tertiary/aromatic N) is 4. The fourth-order valence-corrected chi connectivity index (χ4v) is 5.97. The summed E-state index contributed by atoms with van der Waals surface area (Å²) in [6.45, 7) is 8.21. The maximum atomic E-state index is 12.9. The van der Waals surface area contributed by atoms with Crippen molar-refractivity contribution in [1.82, 2.24) is 24.6 Å². The minimum atomic E-state index is -4.48. The van der Waals surface area contributed by atoms with E-state index in [9.17, 15) is 17.4 Å². The molecule has 0 bridgehead atoms. The highest BCUT2D eigenvalue weighted by Gasteiger charge is 2.31. The fraction of sp³-hybridized carbons (Fsp3) is 0.517. The van der Waals surface area contributed by atoms with Gasteiger partial charge in [-0.2, -0.15) is 13.2 Å². The van der Waals surface area contributed by atoms with Crippen LogP contribution in [0.2, 0.25) is 0 Å². The molecule has 5 rings (SSSR count). The number of aromatic nitrogens is 3. The van der Waals surface area contributed by atoms with Gasteiger partial charge in [-0.25, -0.2) is 13.6 Å². The molecule has 218 valence electrons. The Hall–Kier alpha value is -2.76. The number of hydrogen-bond acceptors (Lipinski definition) is 5. The van der Waals surface area contributed by atoms with Gasteiger partial charge in [0.05, 0.1) is 28.8 Å². The van der Waals surface area contributed by atoms with Gasteiger partial charge in [0.15, 0.2) is 0 Å². The Morgan fingerprint density at radius 1 is 1.12 bits per heavy atom. The van der Waals surface area contributed by atoms with Crippen LogP contribution in [0.4, 0.5) is 13.2 Å². The third kappa shape index (κ3) is 7.92. The van der Waals surface area contributed by atoms with E-state index in [4.69, 9.17) is 4.74 Å². The number of halogens is 3. The molecule has 1 aromatic heterocycles. The summed E-state index contributed by atoms with van der Waals surface area (Å²) < 4.78 is 61.9. The van der Waals surface area contributed by atoms with Crippen LogP contribution in [-0.2, 0) is 28.3 Å². The van der Waals surface area contributed by atoms with Crippen molar-refractivity contribution in [2.75, 3.05) is 32.8 Å². The second kappa shape index (κ2) is 14.2. The molecule has 0 saturated carbocycles. The van der Waals surface area contributed by atoms with Crippen LogP contribution in [0.5, 0.6) is 0 Å². The molecule has 2 aliphatic heterocycles. The molecule has 7 nitrogen and oxygen atoms in total. The lowest BCUT2D eigenvalue weighted by atomic mass is 10.00. The van der Waals surface area contributed by atoms with Crippen LogP contribution in [0.25, 0.3) is 0 Å². The highest BCUT2D eigenvalue weighted by Crippen LogP contribution is 2.33. The summed E-state index contributed by atoms with van der Waals surface area (Å²) in [4.78, 5) is 2.61. The molecule has 3 heterocycles. The average Bonchev–Trinajstić information content (AvgIpc) is 3.34. The van der Waals surface area contributed by atoms with Crippen molar-refractivity contribution in [3.05, 3.63) is 77.4 Å². The van der Waals surface area contributed by atoms with Gasteiger partial charge in [0.25, 0.3) is 0 Å². The molecule has 1 aromatic carbocycles. The standard InChI is InChI=1S/C27H32F3N5O2S.C2H6/c28-27(29,30)21-5-4-6-23(17-21)38(36)31-13-11-22-19-35(33-32-22)25-12-16-37-26-10-8-20(7-9-24(25)26)18-34-14-2-1-3-15-34;1-2/h4-10,17,19-20,25,31H,1-3,11-16,18H2;1-2H3/t20?,25-,38?;/m1./s1.